The van der Waals surface area contributed by atoms with Crippen molar-refractivity contribution in [3.05, 3.63) is 89.5 Å². The summed E-state index contributed by atoms with van der Waals surface area (Å²) < 4.78 is 16.4. The maximum atomic E-state index is 12.3. The topological polar surface area (TPSA) is 86.2 Å². The van der Waals surface area contributed by atoms with Crippen LogP contribution in [-0.2, 0) is 10.2 Å². The first kappa shape index (κ1) is 28.4. The van der Waals surface area contributed by atoms with E-state index in [-0.39, 0.29) is 23.2 Å². The van der Waals surface area contributed by atoms with E-state index in [1.165, 1.54) is 18.9 Å². The maximum Gasteiger partial charge on any atom is 0.343 e. The fourth-order valence-electron chi connectivity index (χ4n) is 4.37. The van der Waals surface area contributed by atoms with E-state index in [1.807, 2.05) is 30.3 Å². The van der Waals surface area contributed by atoms with Crippen molar-refractivity contribution in [1.82, 2.24) is 5.43 Å². The fraction of sp³-hybridized carbons (Fsp3) is 0.323. The zero-order valence-electron chi connectivity index (χ0n) is 22.9. The van der Waals surface area contributed by atoms with Gasteiger partial charge in [0.05, 0.1) is 18.9 Å². The molecule has 7 nitrogen and oxygen atoms in total. The second-order valence-corrected chi connectivity index (χ2v) is 10.9. The molecule has 0 heterocycles. The molecule has 1 amide bonds. The lowest BCUT2D eigenvalue weighted by atomic mass is 9.72. The molecule has 3 aromatic carbocycles. The van der Waals surface area contributed by atoms with E-state index in [0.717, 1.165) is 6.42 Å². The molecule has 7 heteroatoms. The van der Waals surface area contributed by atoms with Gasteiger partial charge in [-0.15, -0.1) is 0 Å². The fourth-order valence-corrected chi connectivity index (χ4v) is 4.37. The molecule has 0 atom stereocenters. The van der Waals surface area contributed by atoms with Crippen molar-refractivity contribution in [2.45, 2.75) is 46.5 Å². The second-order valence-electron chi connectivity index (χ2n) is 10.9. The van der Waals surface area contributed by atoms with Gasteiger partial charge < -0.3 is 14.2 Å². The van der Waals surface area contributed by atoms with Gasteiger partial charge in [-0.1, -0.05) is 65.0 Å². The van der Waals surface area contributed by atoms with Crippen LogP contribution in [0.3, 0.4) is 0 Å². The Kier molecular flexibility index (Phi) is 9.29. The SMILES string of the molecule is COc1cc(/C=N\NC(=O)COc2ccc(C(C)(C)CC(C)(C)C)cc2)ccc1OC(=O)c1ccccc1. The summed E-state index contributed by atoms with van der Waals surface area (Å²) in [5, 5.41) is 3.98. The van der Waals surface area contributed by atoms with Crippen molar-refractivity contribution in [3.63, 3.8) is 0 Å². The third-order valence-corrected chi connectivity index (χ3v) is 5.78. The van der Waals surface area contributed by atoms with Crippen molar-refractivity contribution in [1.29, 1.82) is 0 Å². The number of hydrogen-bond donors (Lipinski definition) is 1. The largest absolute Gasteiger partial charge is 0.493 e. The Labute approximate surface area is 224 Å². The lowest BCUT2D eigenvalue weighted by molar-refractivity contribution is -0.123. The normalized spacial score (nSPS) is 11.7. The first-order valence-electron chi connectivity index (χ1n) is 12.5. The van der Waals surface area contributed by atoms with Crippen molar-refractivity contribution in [3.8, 4) is 17.2 Å². The van der Waals surface area contributed by atoms with E-state index >= 15 is 0 Å². The smallest absolute Gasteiger partial charge is 0.343 e. The molecule has 0 radical (unpaired) electrons. The highest BCUT2D eigenvalue weighted by atomic mass is 16.6. The monoisotopic (exact) mass is 516 g/mol. The van der Waals surface area contributed by atoms with Crippen LogP contribution in [-0.4, -0.2) is 31.8 Å². The van der Waals surface area contributed by atoms with Gasteiger partial charge in [0.2, 0.25) is 0 Å². The summed E-state index contributed by atoms with van der Waals surface area (Å²) in [6, 6.07) is 21.5. The number of methoxy groups -OCH3 is 1. The second kappa shape index (κ2) is 12.4. The number of hydrogen-bond acceptors (Lipinski definition) is 6. The van der Waals surface area contributed by atoms with Crippen LogP contribution in [0.5, 0.6) is 17.2 Å². The number of nitrogens with zero attached hydrogens (tertiary/aromatic N) is 1. The molecule has 0 spiro atoms. The van der Waals surface area contributed by atoms with Gasteiger partial charge in [-0.3, -0.25) is 4.79 Å². The minimum absolute atomic E-state index is 0.0350. The number of benzene rings is 3. The number of ether oxygens (including phenoxy) is 3. The molecule has 1 N–H and O–H groups in total. The molecule has 0 aromatic heterocycles. The minimum atomic E-state index is -0.485. The van der Waals surface area contributed by atoms with Crippen molar-refractivity contribution in [2.75, 3.05) is 13.7 Å². The standard InChI is InChI=1S/C31H36N2O5/c1-30(2,3)21-31(4,5)24-13-15-25(16-14-24)37-20-28(34)33-32-19-22-12-17-26(27(18-22)36-6)38-29(35)23-10-8-7-9-11-23/h7-19H,20-21H2,1-6H3,(H,33,34)/b32-19-. The van der Waals surface area contributed by atoms with Gasteiger partial charge in [0, 0.05) is 0 Å². The molecule has 0 fully saturated rings. The molecule has 0 aliphatic rings. The van der Waals surface area contributed by atoms with E-state index in [1.54, 1.807) is 42.5 Å². The summed E-state index contributed by atoms with van der Waals surface area (Å²) in [4.78, 5) is 24.5. The van der Waals surface area contributed by atoms with E-state index in [2.05, 4.69) is 45.1 Å². The third kappa shape index (κ3) is 8.47. The van der Waals surface area contributed by atoms with Gasteiger partial charge >= 0.3 is 5.97 Å². The van der Waals surface area contributed by atoms with Gasteiger partial charge in [0.25, 0.3) is 5.91 Å². The maximum absolute atomic E-state index is 12.3. The van der Waals surface area contributed by atoms with Crippen molar-refractivity contribution in [2.24, 2.45) is 10.5 Å². The molecule has 3 rings (SSSR count). The van der Waals surface area contributed by atoms with Gasteiger partial charge in [0.15, 0.2) is 18.1 Å². The zero-order chi connectivity index (χ0) is 27.8. The number of nitrogens with one attached hydrogen (secondary N) is 1. The molecular weight excluding hydrogens is 480 g/mol. The Balaban J connectivity index is 1.51. The molecule has 38 heavy (non-hydrogen) atoms. The van der Waals surface area contributed by atoms with Crippen LogP contribution in [0, 0.1) is 5.41 Å². The Morgan fingerprint density at radius 3 is 2.21 bits per heavy atom. The Morgan fingerprint density at radius 2 is 1.58 bits per heavy atom. The van der Waals surface area contributed by atoms with Gasteiger partial charge in [0.1, 0.15) is 5.75 Å². The van der Waals surface area contributed by atoms with Crippen LogP contribution >= 0.6 is 0 Å². The summed E-state index contributed by atoms with van der Waals surface area (Å²) >= 11 is 0. The lowest BCUT2D eigenvalue weighted by Crippen LogP contribution is -2.25. The van der Waals surface area contributed by atoms with Crippen LogP contribution in [0.1, 0.15) is 62.5 Å². The summed E-state index contributed by atoms with van der Waals surface area (Å²) in [6.07, 6.45) is 2.52. The van der Waals surface area contributed by atoms with E-state index in [4.69, 9.17) is 14.2 Å². The number of carbonyl (C=O) groups is 2. The molecule has 200 valence electrons. The molecule has 0 aliphatic carbocycles. The van der Waals surface area contributed by atoms with Crippen LogP contribution in [0.15, 0.2) is 77.9 Å². The van der Waals surface area contributed by atoms with Crippen LogP contribution < -0.4 is 19.6 Å². The van der Waals surface area contributed by atoms with Crippen molar-refractivity contribution >= 4 is 18.1 Å². The van der Waals surface area contributed by atoms with Crippen LogP contribution in [0.25, 0.3) is 0 Å². The number of carbonyl (C=O) groups excluding carboxylic acids is 2. The quantitative estimate of drug-likeness (QED) is 0.151. The molecule has 0 saturated heterocycles. The van der Waals surface area contributed by atoms with Crippen LogP contribution in [0.2, 0.25) is 0 Å². The predicted octanol–water partition coefficient (Wildman–Crippen LogP) is 6.16. The van der Waals surface area contributed by atoms with Crippen LogP contribution in [0.4, 0.5) is 0 Å². The summed E-state index contributed by atoms with van der Waals surface area (Å²) in [6.45, 7) is 11.0. The number of rotatable bonds is 10. The Morgan fingerprint density at radius 1 is 0.895 bits per heavy atom. The number of hydrazone groups is 1. The molecular formula is C31H36N2O5. The van der Waals surface area contributed by atoms with Gasteiger partial charge in [-0.2, -0.15) is 5.10 Å². The molecule has 0 aliphatic heterocycles. The summed E-state index contributed by atoms with van der Waals surface area (Å²) in [5.41, 5.74) is 5.02. The summed E-state index contributed by atoms with van der Waals surface area (Å²) in [7, 11) is 1.48. The van der Waals surface area contributed by atoms with Crippen molar-refractivity contribution < 1.29 is 23.8 Å². The minimum Gasteiger partial charge on any atom is -0.493 e. The third-order valence-electron chi connectivity index (χ3n) is 5.78. The molecule has 0 bridgehead atoms. The molecule has 0 saturated carbocycles. The number of amides is 1. The van der Waals surface area contributed by atoms with E-state index < -0.39 is 11.9 Å². The highest BCUT2D eigenvalue weighted by molar-refractivity contribution is 5.91. The van der Waals surface area contributed by atoms with Gasteiger partial charge in [-0.25, -0.2) is 10.2 Å². The average molecular weight is 517 g/mol. The molecule has 0 unspecified atom stereocenters. The first-order valence-corrected chi connectivity index (χ1v) is 12.5. The Bertz CT molecular complexity index is 1260. The zero-order valence-corrected chi connectivity index (χ0v) is 22.9. The summed E-state index contributed by atoms with van der Waals surface area (Å²) in [5.74, 6) is 0.384. The Hall–Kier alpha value is -4.13. The van der Waals surface area contributed by atoms with E-state index in [9.17, 15) is 9.59 Å². The van der Waals surface area contributed by atoms with Gasteiger partial charge in [-0.05, 0) is 70.8 Å². The highest BCUT2D eigenvalue weighted by Crippen LogP contribution is 2.36. The van der Waals surface area contributed by atoms with E-state index in [0.29, 0.717) is 22.6 Å². The average Bonchev–Trinajstić information content (AvgIpc) is 2.87. The highest BCUT2D eigenvalue weighted by Gasteiger charge is 2.27. The lowest BCUT2D eigenvalue weighted by Gasteiger charge is -2.33. The first-order chi connectivity index (χ1) is 18.0. The number of esters is 1. The predicted molar refractivity (Wildman–Crippen MR) is 149 cm³/mol. The molecule has 3 aromatic rings.